The van der Waals surface area contributed by atoms with Crippen LogP contribution < -0.4 is 16.0 Å². The lowest BCUT2D eigenvalue weighted by atomic mass is 10.4. The Morgan fingerprint density at radius 1 is 1.55 bits per heavy atom. The molecule has 0 atom stereocenters. The van der Waals surface area contributed by atoms with Gasteiger partial charge in [-0.1, -0.05) is 6.58 Å². The molecule has 4 nitrogen and oxygen atoms in total. The molecule has 11 heavy (non-hydrogen) atoms. The van der Waals surface area contributed by atoms with E-state index in [4.69, 9.17) is 0 Å². The van der Waals surface area contributed by atoms with Gasteiger partial charge in [0.25, 0.3) is 0 Å². The number of carbonyl (C=O) groups excluding carboxylic acids is 1. The minimum atomic E-state index is -0.152. The quantitative estimate of drug-likeness (QED) is 0.356. The average molecular weight is 157 g/mol. The van der Waals surface area contributed by atoms with E-state index in [9.17, 15) is 4.79 Å². The summed E-state index contributed by atoms with van der Waals surface area (Å²) in [7, 11) is 3.64. The van der Waals surface area contributed by atoms with Crippen LogP contribution in [0.3, 0.4) is 0 Å². The van der Waals surface area contributed by atoms with Crippen molar-refractivity contribution >= 4 is 5.91 Å². The molecule has 4 heteroatoms. The highest BCUT2D eigenvalue weighted by Gasteiger charge is 2.01. The van der Waals surface area contributed by atoms with Gasteiger partial charge in [0.15, 0.2) is 0 Å². The molecule has 0 aliphatic rings. The van der Waals surface area contributed by atoms with E-state index in [0.717, 1.165) is 0 Å². The largest absolute Gasteiger partial charge is 0.350 e. The van der Waals surface area contributed by atoms with E-state index < -0.39 is 0 Å². The van der Waals surface area contributed by atoms with E-state index in [2.05, 4.69) is 22.5 Å². The van der Waals surface area contributed by atoms with Gasteiger partial charge < -0.3 is 16.0 Å². The zero-order valence-electron chi connectivity index (χ0n) is 6.98. The molecule has 0 aliphatic carbocycles. The summed E-state index contributed by atoms with van der Waals surface area (Å²) in [4.78, 5) is 10.7. The molecule has 0 spiro atoms. The van der Waals surface area contributed by atoms with Crippen LogP contribution in [0, 0.1) is 0 Å². The van der Waals surface area contributed by atoms with E-state index >= 15 is 0 Å². The summed E-state index contributed by atoms with van der Waals surface area (Å²) in [6, 6.07) is 0. The fourth-order valence-electron chi connectivity index (χ4n) is 0.623. The van der Waals surface area contributed by atoms with E-state index in [0.29, 0.717) is 6.54 Å². The van der Waals surface area contributed by atoms with E-state index in [1.807, 2.05) is 14.1 Å². The van der Waals surface area contributed by atoms with Crippen molar-refractivity contribution < 1.29 is 4.79 Å². The molecule has 3 N–H and O–H groups in total. The first-order valence-electron chi connectivity index (χ1n) is 3.49. The Kier molecular flexibility index (Phi) is 5.42. The predicted molar refractivity (Wildman–Crippen MR) is 45.1 cm³/mol. The van der Waals surface area contributed by atoms with Crippen LogP contribution in [0.1, 0.15) is 0 Å². The Balaban J connectivity index is 3.49. The van der Waals surface area contributed by atoms with Crippen molar-refractivity contribution in [2.24, 2.45) is 0 Å². The SMILES string of the molecule is C=CC(=O)NCC(NC)NC. The van der Waals surface area contributed by atoms with Crippen LogP contribution in [0.25, 0.3) is 0 Å². The summed E-state index contributed by atoms with van der Waals surface area (Å²) in [6.45, 7) is 3.89. The molecule has 1 amide bonds. The van der Waals surface area contributed by atoms with Gasteiger partial charge in [-0.3, -0.25) is 4.79 Å². The molecule has 0 saturated carbocycles. The van der Waals surface area contributed by atoms with Gasteiger partial charge in [0, 0.05) is 6.54 Å². The number of hydrogen-bond acceptors (Lipinski definition) is 3. The fourth-order valence-corrected chi connectivity index (χ4v) is 0.623. The van der Waals surface area contributed by atoms with Gasteiger partial charge in [0.05, 0.1) is 6.17 Å². The van der Waals surface area contributed by atoms with Gasteiger partial charge in [0.1, 0.15) is 0 Å². The van der Waals surface area contributed by atoms with Crippen molar-refractivity contribution in [1.82, 2.24) is 16.0 Å². The highest BCUT2D eigenvalue weighted by atomic mass is 16.1. The normalized spacial score (nSPS) is 9.73. The standard InChI is InChI=1S/C7H15N3O/c1-4-7(11)10-5-6(8-2)9-3/h4,6,8-9H,1,5H2,2-3H3,(H,10,11). The zero-order chi connectivity index (χ0) is 8.69. The van der Waals surface area contributed by atoms with Gasteiger partial charge in [-0.15, -0.1) is 0 Å². The van der Waals surface area contributed by atoms with E-state index in [1.165, 1.54) is 6.08 Å². The summed E-state index contributed by atoms with van der Waals surface area (Å²) < 4.78 is 0. The number of carbonyl (C=O) groups is 1. The summed E-state index contributed by atoms with van der Waals surface area (Å²) >= 11 is 0. The van der Waals surface area contributed by atoms with Crippen LogP contribution in [0.2, 0.25) is 0 Å². The molecule has 0 aromatic heterocycles. The van der Waals surface area contributed by atoms with Gasteiger partial charge in [0.2, 0.25) is 5.91 Å². The molecular weight excluding hydrogens is 142 g/mol. The Bertz CT molecular complexity index is 132. The maximum Gasteiger partial charge on any atom is 0.243 e. The van der Waals surface area contributed by atoms with Crippen molar-refractivity contribution in [3.05, 3.63) is 12.7 Å². The number of amides is 1. The summed E-state index contributed by atoms with van der Waals surface area (Å²) in [5.41, 5.74) is 0. The van der Waals surface area contributed by atoms with Crippen LogP contribution >= 0.6 is 0 Å². The molecule has 0 unspecified atom stereocenters. The van der Waals surface area contributed by atoms with Gasteiger partial charge in [-0.2, -0.15) is 0 Å². The van der Waals surface area contributed by atoms with Crippen molar-refractivity contribution in [1.29, 1.82) is 0 Å². The van der Waals surface area contributed by atoms with Crippen molar-refractivity contribution in [3.8, 4) is 0 Å². The second-order valence-corrected chi connectivity index (χ2v) is 2.08. The molecular formula is C7H15N3O. The van der Waals surface area contributed by atoms with Gasteiger partial charge in [-0.25, -0.2) is 0 Å². The third-order valence-electron chi connectivity index (χ3n) is 1.36. The molecule has 0 aromatic carbocycles. The lowest BCUT2D eigenvalue weighted by Crippen LogP contribution is -2.46. The van der Waals surface area contributed by atoms with Crippen LogP contribution in [-0.2, 0) is 4.79 Å². The van der Waals surface area contributed by atoms with Crippen LogP contribution in [0.4, 0.5) is 0 Å². The first kappa shape index (κ1) is 10.1. The molecule has 0 aromatic rings. The molecule has 0 aliphatic heterocycles. The van der Waals surface area contributed by atoms with Crippen LogP contribution in [0.5, 0.6) is 0 Å². The maximum atomic E-state index is 10.7. The first-order valence-corrected chi connectivity index (χ1v) is 3.49. The summed E-state index contributed by atoms with van der Waals surface area (Å²) in [6.07, 6.45) is 1.36. The van der Waals surface area contributed by atoms with Crippen molar-refractivity contribution in [2.75, 3.05) is 20.6 Å². The Morgan fingerprint density at radius 3 is 2.45 bits per heavy atom. The topological polar surface area (TPSA) is 53.2 Å². The molecule has 0 saturated heterocycles. The smallest absolute Gasteiger partial charge is 0.243 e. The molecule has 0 radical (unpaired) electrons. The fraction of sp³-hybridized carbons (Fsp3) is 0.571. The lowest BCUT2D eigenvalue weighted by Gasteiger charge is -2.14. The third kappa shape index (κ3) is 4.52. The predicted octanol–water partition coefficient (Wildman–Crippen LogP) is -0.946. The number of hydrogen-bond donors (Lipinski definition) is 3. The van der Waals surface area contributed by atoms with Crippen molar-refractivity contribution in [2.45, 2.75) is 6.17 Å². The van der Waals surface area contributed by atoms with E-state index in [1.54, 1.807) is 0 Å². The molecule has 0 bridgehead atoms. The van der Waals surface area contributed by atoms with Crippen LogP contribution in [0.15, 0.2) is 12.7 Å². The van der Waals surface area contributed by atoms with Crippen molar-refractivity contribution in [3.63, 3.8) is 0 Å². The molecule has 0 fully saturated rings. The average Bonchev–Trinajstić information content (AvgIpc) is 2.06. The van der Waals surface area contributed by atoms with Crippen LogP contribution in [-0.4, -0.2) is 32.7 Å². The lowest BCUT2D eigenvalue weighted by molar-refractivity contribution is -0.116. The molecule has 0 heterocycles. The highest BCUT2D eigenvalue weighted by molar-refractivity contribution is 5.86. The number of likely N-dealkylation sites (N-methyl/N-ethyl adjacent to an activating group) is 2. The van der Waals surface area contributed by atoms with Gasteiger partial charge >= 0.3 is 0 Å². The Morgan fingerprint density at radius 2 is 2.09 bits per heavy atom. The summed E-state index contributed by atoms with van der Waals surface area (Å²) in [5.74, 6) is -0.152. The Hall–Kier alpha value is -0.870. The molecule has 0 rings (SSSR count). The zero-order valence-corrected chi connectivity index (χ0v) is 6.98. The number of rotatable bonds is 5. The highest BCUT2D eigenvalue weighted by Crippen LogP contribution is 1.72. The minimum absolute atomic E-state index is 0.110. The first-order chi connectivity index (χ1) is 5.24. The maximum absolute atomic E-state index is 10.7. The molecule has 64 valence electrons. The second-order valence-electron chi connectivity index (χ2n) is 2.08. The Labute approximate surface area is 67.1 Å². The third-order valence-corrected chi connectivity index (χ3v) is 1.36. The number of nitrogens with one attached hydrogen (secondary N) is 3. The summed E-state index contributed by atoms with van der Waals surface area (Å²) in [5, 5.41) is 8.59. The second kappa shape index (κ2) is 5.88. The monoisotopic (exact) mass is 157 g/mol. The minimum Gasteiger partial charge on any atom is -0.350 e. The van der Waals surface area contributed by atoms with Gasteiger partial charge in [-0.05, 0) is 20.2 Å². The van der Waals surface area contributed by atoms with E-state index in [-0.39, 0.29) is 12.1 Å².